The van der Waals surface area contributed by atoms with Gasteiger partial charge in [-0.15, -0.1) is 11.3 Å². The topological polar surface area (TPSA) is 57.9 Å². The second kappa shape index (κ2) is 7.60. The zero-order chi connectivity index (χ0) is 17.6. The maximum Gasteiger partial charge on any atom is 0.136 e. The number of rotatable bonds is 5. The van der Waals surface area contributed by atoms with Crippen molar-refractivity contribution in [1.82, 2.24) is 4.98 Å². The summed E-state index contributed by atoms with van der Waals surface area (Å²) in [6.45, 7) is 0. The molecule has 0 spiro atoms. The lowest BCUT2D eigenvalue weighted by atomic mass is 10.1. The van der Waals surface area contributed by atoms with Crippen molar-refractivity contribution in [2.24, 2.45) is 0 Å². The van der Waals surface area contributed by atoms with Crippen LogP contribution in [-0.2, 0) is 0 Å². The molecule has 1 heterocycles. The van der Waals surface area contributed by atoms with Crippen LogP contribution in [0.3, 0.4) is 0 Å². The Labute approximate surface area is 148 Å². The Balaban J connectivity index is 1.84. The van der Waals surface area contributed by atoms with Gasteiger partial charge in [-0.3, -0.25) is 0 Å². The molecule has 3 aromatic rings. The number of methoxy groups -OCH3 is 1. The van der Waals surface area contributed by atoms with Crippen molar-refractivity contribution in [2.75, 3.05) is 12.4 Å². The summed E-state index contributed by atoms with van der Waals surface area (Å²) in [5, 5.41) is 14.8. The van der Waals surface area contributed by atoms with Gasteiger partial charge in [-0.2, -0.15) is 5.26 Å². The molecule has 0 saturated carbocycles. The summed E-state index contributed by atoms with van der Waals surface area (Å²) in [4.78, 5) is 4.52. The molecular weight excluding hydrogens is 337 g/mol. The number of aromatic nitrogens is 1. The van der Waals surface area contributed by atoms with Gasteiger partial charge in [-0.05, 0) is 30.3 Å². The van der Waals surface area contributed by atoms with Crippen molar-refractivity contribution in [2.45, 2.75) is 0 Å². The molecule has 0 atom stereocenters. The first-order valence-electron chi connectivity index (χ1n) is 7.42. The van der Waals surface area contributed by atoms with Gasteiger partial charge in [0.15, 0.2) is 0 Å². The monoisotopic (exact) mass is 351 g/mol. The first kappa shape index (κ1) is 16.7. The fourth-order valence-electron chi connectivity index (χ4n) is 2.19. The average Bonchev–Trinajstić information content (AvgIpc) is 3.12. The van der Waals surface area contributed by atoms with Gasteiger partial charge in [0, 0.05) is 22.8 Å². The number of anilines is 1. The summed E-state index contributed by atoms with van der Waals surface area (Å²) in [7, 11) is 1.61. The van der Waals surface area contributed by atoms with Crippen LogP contribution in [0.2, 0.25) is 0 Å². The molecule has 1 aromatic heterocycles. The Morgan fingerprint density at radius 1 is 1.28 bits per heavy atom. The van der Waals surface area contributed by atoms with Gasteiger partial charge in [0.2, 0.25) is 0 Å². The molecule has 0 bridgehead atoms. The lowest BCUT2D eigenvalue weighted by molar-refractivity contribution is 0.415. The SMILES string of the molecule is COc1cccc(-c2csc(/C(C#N)=C/Nc3cccc(F)c3)n2)c1. The summed E-state index contributed by atoms with van der Waals surface area (Å²) in [5.41, 5.74) is 2.63. The van der Waals surface area contributed by atoms with Gasteiger partial charge in [-0.25, -0.2) is 9.37 Å². The minimum Gasteiger partial charge on any atom is -0.497 e. The summed E-state index contributed by atoms with van der Waals surface area (Å²) >= 11 is 1.37. The van der Waals surface area contributed by atoms with Crippen molar-refractivity contribution in [3.8, 4) is 23.1 Å². The van der Waals surface area contributed by atoms with E-state index in [1.165, 1.54) is 29.7 Å². The Morgan fingerprint density at radius 2 is 2.12 bits per heavy atom. The lowest BCUT2D eigenvalue weighted by Crippen LogP contribution is -1.91. The highest BCUT2D eigenvalue weighted by molar-refractivity contribution is 7.11. The minimum atomic E-state index is -0.341. The van der Waals surface area contributed by atoms with Gasteiger partial charge in [0.1, 0.15) is 28.2 Å². The number of hydrogen-bond donors (Lipinski definition) is 1. The third-order valence-electron chi connectivity index (χ3n) is 3.43. The molecule has 0 unspecified atom stereocenters. The molecule has 0 aliphatic carbocycles. The van der Waals surface area contributed by atoms with Crippen LogP contribution < -0.4 is 10.1 Å². The highest BCUT2D eigenvalue weighted by Gasteiger charge is 2.09. The number of benzene rings is 2. The normalized spacial score (nSPS) is 11.0. The molecule has 1 N–H and O–H groups in total. The Morgan fingerprint density at radius 3 is 2.88 bits per heavy atom. The Hall–Kier alpha value is -3.17. The van der Waals surface area contributed by atoms with Crippen LogP contribution in [0.15, 0.2) is 60.1 Å². The van der Waals surface area contributed by atoms with Gasteiger partial charge < -0.3 is 10.1 Å². The van der Waals surface area contributed by atoms with Crippen LogP contribution in [0.4, 0.5) is 10.1 Å². The second-order valence-electron chi connectivity index (χ2n) is 5.09. The van der Waals surface area contributed by atoms with E-state index in [9.17, 15) is 9.65 Å². The van der Waals surface area contributed by atoms with E-state index in [4.69, 9.17) is 4.74 Å². The quantitative estimate of drug-likeness (QED) is 0.662. The van der Waals surface area contributed by atoms with E-state index in [0.717, 1.165) is 17.0 Å². The molecule has 0 aliphatic rings. The van der Waals surface area contributed by atoms with Crippen molar-refractivity contribution in [3.63, 3.8) is 0 Å². The molecule has 0 saturated heterocycles. The number of nitriles is 1. The molecular formula is C19H14FN3OS. The Bertz CT molecular complexity index is 959. The summed E-state index contributed by atoms with van der Waals surface area (Å²) in [5.74, 6) is 0.405. The second-order valence-corrected chi connectivity index (χ2v) is 5.95. The summed E-state index contributed by atoms with van der Waals surface area (Å²) in [6.07, 6.45) is 1.53. The maximum absolute atomic E-state index is 13.2. The zero-order valence-electron chi connectivity index (χ0n) is 13.4. The van der Waals surface area contributed by atoms with Crippen LogP contribution in [0.25, 0.3) is 16.8 Å². The van der Waals surface area contributed by atoms with Crippen LogP contribution >= 0.6 is 11.3 Å². The number of hydrogen-bond acceptors (Lipinski definition) is 5. The van der Waals surface area contributed by atoms with Gasteiger partial charge in [0.25, 0.3) is 0 Å². The molecule has 0 aliphatic heterocycles. The molecule has 4 nitrogen and oxygen atoms in total. The first-order valence-corrected chi connectivity index (χ1v) is 8.30. The number of ether oxygens (including phenoxy) is 1. The van der Waals surface area contributed by atoms with E-state index in [1.54, 1.807) is 19.2 Å². The number of thiazole rings is 1. The van der Waals surface area contributed by atoms with E-state index >= 15 is 0 Å². The van der Waals surface area contributed by atoms with Crippen LogP contribution in [0.5, 0.6) is 5.75 Å². The van der Waals surface area contributed by atoms with Gasteiger partial charge >= 0.3 is 0 Å². The van der Waals surface area contributed by atoms with Crippen molar-refractivity contribution in [1.29, 1.82) is 5.26 Å². The van der Waals surface area contributed by atoms with E-state index in [2.05, 4.69) is 16.4 Å². The van der Waals surface area contributed by atoms with Crippen LogP contribution in [0.1, 0.15) is 5.01 Å². The molecule has 25 heavy (non-hydrogen) atoms. The molecule has 124 valence electrons. The smallest absolute Gasteiger partial charge is 0.136 e. The van der Waals surface area contributed by atoms with E-state index in [0.29, 0.717) is 16.3 Å². The fraction of sp³-hybridized carbons (Fsp3) is 0.0526. The standard InChI is InChI=1S/C19H14FN3OS/c1-24-17-7-2-4-13(8-17)18-12-25-19(23-18)14(10-21)11-22-16-6-3-5-15(20)9-16/h2-9,11-12,22H,1H3/b14-11+. The third-order valence-corrected chi connectivity index (χ3v) is 4.30. The van der Waals surface area contributed by atoms with Crippen LogP contribution in [-0.4, -0.2) is 12.1 Å². The zero-order valence-corrected chi connectivity index (χ0v) is 14.2. The first-order chi connectivity index (χ1) is 12.2. The molecule has 6 heteroatoms. The lowest BCUT2D eigenvalue weighted by Gasteiger charge is -2.02. The molecule has 2 aromatic carbocycles. The third kappa shape index (κ3) is 4.03. The fourth-order valence-corrected chi connectivity index (χ4v) is 2.98. The number of halogens is 1. The van der Waals surface area contributed by atoms with Crippen molar-refractivity contribution in [3.05, 3.63) is 70.9 Å². The van der Waals surface area contributed by atoms with E-state index in [1.807, 2.05) is 29.6 Å². The Kier molecular flexibility index (Phi) is 5.07. The van der Waals surface area contributed by atoms with Crippen LogP contribution in [0, 0.1) is 17.1 Å². The van der Waals surface area contributed by atoms with E-state index < -0.39 is 0 Å². The average molecular weight is 351 g/mol. The number of nitrogens with one attached hydrogen (secondary N) is 1. The molecule has 0 fully saturated rings. The highest BCUT2D eigenvalue weighted by atomic mass is 32.1. The molecule has 0 amide bonds. The predicted molar refractivity (Wildman–Crippen MR) is 97.7 cm³/mol. The largest absolute Gasteiger partial charge is 0.497 e. The van der Waals surface area contributed by atoms with Gasteiger partial charge in [-0.1, -0.05) is 18.2 Å². The maximum atomic E-state index is 13.2. The number of nitrogens with zero attached hydrogens (tertiary/aromatic N) is 2. The minimum absolute atomic E-state index is 0.341. The predicted octanol–water partition coefficient (Wildman–Crippen LogP) is 4.93. The summed E-state index contributed by atoms with van der Waals surface area (Å²) in [6, 6.07) is 15.7. The highest BCUT2D eigenvalue weighted by Crippen LogP contribution is 2.28. The molecule has 0 radical (unpaired) electrons. The number of allylic oxidation sites excluding steroid dienone is 1. The van der Waals surface area contributed by atoms with Crippen molar-refractivity contribution < 1.29 is 9.13 Å². The van der Waals surface area contributed by atoms with Gasteiger partial charge in [0.05, 0.1) is 12.8 Å². The van der Waals surface area contributed by atoms with E-state index in [-0.39, 0.29) is 5.82 Å². The summed E-state index contributed by atoms with van der Waals surface area (Å²) < 4.78 is 18.4. The van der Waals surface area contributed by atoms with Crippen molar-refractivity contribution >= 4 is 22.6 Å². The molecule has 3 rings (SSSR count).